The van der Waals surface area contributed by atoms with E-state index in [1.165, 1.54) is 0 Å². The summed E-state index contributed by atoms with van der Waals surface area (Å²) in [5.74, 6) is 0.595. The normalized spacial score (nSPS) is 24.9. The zero-order valence-corrected chi connectivity index (χ0v) is 12.4. The number of nitrogens with one attached hydrogen (secondary N) is 1. The van der Waals surface area contributed by atoms with Gasteiger partial charge in [-0.25, -0.2) is 0 Å². The summed E-state index contributed by atoms with van der Waals surface area (Å²) in [5.41, 5.74) is 0.696. The fraction of sp³-hybridized carbons (Fsp3) is 0.733. The molecule has 0 saturated carbocycles. The first kappa shape index (κ1) is 14.5. The number of carbonyl (C=O) groups excluding carboxylic acids is 1. The van der Waals surface area contributed by atoms with Crippen molar-refractivity contribution in [2.24, 2.45) is 0 Å². The van der Waals surface area contributed by atoms with E-state index in [2.05, 4.69) is 10.5 Å². The van der Waals surface area contributed by atoms with Crippen LogP contribution < -0.4 is 5.32 Å². The summed E-state index contributed by atoms with van der Waals surface area (Å²) in [6.45, 7) is 4.04. The number of carbonyl (C=O) groups is 1. The Hall–Kier alpha value is -1.40. The van der Waals surface area contributed by atoms with Crippen molar-refractivity contribution in [1.29, 1.82) is 0 Å². The van der Waals surface area contributed by atoms with Crippen molar-refractivity contribution in [1.82, 2.24) is 10.5 Å². The van der Waals surface area contributed by atoms with Crippen LogP contribution in [0.5, 0.6) is 0 Å². The fourth-order valence-corrected chi connectivity index (χ4v) is 3.18. The lowest BCUT2D eigenvalue weighted by Crippen LogP contribution is -2.51. The Morgan fingerprint density at radius 1 is 1.43 bits per heavy atom. The molecule has 1 unspecified atom stereocenters. The molecule has 6 heteroatoms. The Morgan fingerprint density at radius 2 is 2.24 bits per heavy atom. The van der Waals surface area contributed by atoms with Crippen LogP contribution in [-0.2, 0) is 20.7 Å². The van der Waals surface area contributed by atoms with Crippen molar-refractivity contribution >= 4 is 5.91 Å². The largest absolute Gasteiger partial charge is 0.381 e. The average Bonchev–Trinajstić information content (AvgIpc) is 2.85. The third kappa shape index (κ3) is 3.63. The van der Waals surface area contributed by atoms with Gasteiger partial charge in [-0.15, -0.1) is 0 Å². The summed E-state index contributed by atoms with van der Waals surface area (Å²) >= 11 is 0. The summed E-state index contributed by atoms with van der Waals surface area (Å²) in [6, 6.07) is 1.97. The van der Waals surface area contributed by atoms with Gasteiger partial charge >= 0.3 is 0 Å². The lowest BCUT2D eigenvalue weighted by Gasteiger charge is -2.43. The van der Waals surface area contributed by atoms with Crippen LogP contribution in [0.3, 0.4) is 0 Å². The molecule has 2 fully saturated rings. The van der Waals surface area contributed by atoms with E-state index in [1.54, 1.807) is 6.07 Å². The first-order chi connectivity index (χ1) is 10.2. The summed E-state index contributed by atoms with van der Waals surface area (Å²) in [5, 5.41) is 6.90. The summed E-state index contributed by atoms with van der Waals surface area (Å²) in [4.78, 5) is 12.1. The third-order valence-corrected chi connectivity index (χ3v) is 4.27. The van der Waals surface area contributed by atoms with Crippen molar-refractivity contribution in [3.8, 4) is 0 Å². The molecule has 1 aromatic rings. The highest BCUT2D eigenvalue weighted by atomic mass is 16.5. The number of aromatic nitrogens is 1. The highest BCUT2D eigenvalue weighted by molar-refractivity contribution is 5.78. The minimum atomic E-state index is -0.0999. The molecule has 3 rings (SSSR count). The van der Waals surface area contributed by atoms with E-state index in [1.807, 2.05) is 6.92 Å². The van der Waals surface area contributed by atoms with Crippen LogP contribution in [0.15, 0.2) is 10.6 Å². The number of rotatable bonds is 3. The number of ether oxygens (including phenoxy) is 2. The zero-order valence-electron chi connectivity index (χ0n) is 12.4. The molecule has 2 saturated heterocycles. The van der Waals surface area contributed by atoms with Crippen molar-refractivity contribution < 1.29 is 18.8 Å². The molecule has 6 nitrogen and oxygen atoms in total. The van der Waals surface area contributed by atoms with Gasteiger partial charge in [0.1, 0.15) is 5.76 Å². The molecule has 21 heavy (non-hydrogen) atoms. The topological polar surface area (TPSA) is 73.6 Å². The Bertz CT molecular complexity index is 488. The van der Waals surface area contributed by atoms with E-state index in [9.17, 15) is 4.79 Å². The van der Waals surface area contributed by atoms with Gasteiger partial charge in [-0.05, 0) is 32.6 Å². The van der Waals surface area contributed by atoms with Gasteiger partial charge in [-0.1, -0.05) is 5.16 Å². The van der Waals surface area contributed by atoms with Gasteiger partial charge in [0.15, 0.2) is 0 Å². The van der Waals surface area contributed by atoms with Gasteiger partial charge in [0.2, 0.25) is 5.91 Å². The molecule has 1 aromatic heterocycles. The lowest BCUT2D eigenvalue weighted by molar-refractivity contribution is -0.143. The number of nitrogens with zero attached hydrogens (tertiary/aromatic N) is 1. The van der Waals surface area contributed by atoms with E-state index in [0.29, 0.717) is 12.4 Å². The molecule has 3 heterocycles. The minimum absolute atomic E-state index is 0.0136. The smallest absolute Gasteiger partial charge is 0.227 e. The molecule has 2 aliphatic rings. The quantitative estimate of drug-likeness (QED) is 0.911. The molecule has 1 amide bonds. The van der Waals surface area contributed by atoms with Crippen molar-refractivity contribution in [2.45, 2.75) is 50.7 Å². The predicted octanol–water partition coefficient (Wildman–Crippen LogP) is 1.37. The monoisotopic (exact) mass is 294 g/mol. The van der Waals surface area contributed by atoms with Gasteiger partial charge in [0.05, 0.1) is 17.7 Å². The zero-order chi connectivity index (χ0) is 14.7. The van der Waals surface area contributed by atoms with E-state index >= 15 is 0 Å². The van der Waals surface area contributed by atoms with Crippen LogP contribution in [0.25, 0.3) is 0 Å². The van der Waals surface area contributed by atoms with E-state index in [-0.39, 0.29) is 24.0 Å². The molecule has 116 valence electrons. The molecule has 1 atom stereocenters. The van der Waals surface area contributed by atoms with Crippen molar-refractivity contribution in [3.05, 3.63) is 17.5 Å². The maximum Gasteiger partial charge on any atom is 0.227 e. The first-order valence-electron chi connectivity index (χ1n) is 7.58. The summed E-state index contributed by atoms with van der Waals surface area (Å²) in [7, 11) is 0. The molecule has 1 spiro atoms. The highest BCUT2D eigenvalue weighted by Crippen LogP contribution is 2.34. The maximum atomic E-state index is 12.1. The lowest BCUT2D eigenvalue weighted by atomic mass is 9.84. The molecule has 2 aliphatic heterocycles. The SMILES string of the molecule is Cc1cc(CC(=O)NC2CCOC3(CCOCC3)C2)on1. The second-order valence-electron chi connectivity index (χ2n) is 6.01. The number of amides is 1. The van der Waals surface area contributed by atoms with Crippen LogP contribution in [0.4, 0.5) is 0 Å². The maximum absolute atomic E-state index is 12.1. The van der Waals surface area contributed by atoms with Gasteiger partial charge < -0.3 is 19.3 Å². The average molecular weight is 294 g/mol. The fourth-order valence-electron chi connectivity index (χ4n) is 3.18. The second kappa shape index (κ2) is 6.15. The number of hydrogen-bond acceptors (Lipinski definition) is 5. The Morgan fingerprint density at radius 3 is 2.95 bits per heavy atom. The summed E-state index contributed by atoms with van der Waals surface area (Å²) in [6.07, 6.45) is 3.82. The molecular weight excluding hydrogens is 272 g/mol. The number of hydrogen-bond donors (Lipinski definition) is 1. The van der Waals surface area contributed by atoms with Crippen LogP contribution in [0.2, 0.25) is 0 Å². The predicted molar refractivity (Wildman–Crippen MR) is 74.8 cm³/mol. The van der Waals surface area contributed by atoms with Gasteiger partial charge in [-0.3, -0.25) is 4.79 Å². The molecule has 0 aromatic carbocycles. The molecule has 0 aliphatic carbocycles. The van der Waals surface area contributed by atoms with Crippen molar-refractivity contribution in [2.75, 3.05) is 19.8 Å². The van der Waals surface area contributed by atoms with Crippen molar-refractivity contribution in [3.63, 3.8) is 0 Å². The highest BCUT2D eigenvalue weighted by Gasteiger charge is 2.39. The Balaban J connectivity index is 1.53. The Kier molecular flexibility index (Phi) is 4.26. The first-order valence-corrected chi connectivity index (χ1v) is 7.58. The molecule has 0 radical (unpaired) electrons. The van der Waals surface area contributed by atoms with Crippen LogP contribution in [0, 0.1) is 6.92 Å². The molecule has 0 bridgehead atoms. The van der Waals surface area contributed by atoms with Crippen LogP contribution >= 0.6 is 0 Å². The van der Waals surface area contributed by atoms with E-state index in [4.69, 9.17) is 14.0 Å². The second-order valence-corrected chi connectivity index (χ2v) is 6.01. The van der Waals surface area contributed by atoms with Gasteiger partial charge in [0.25, 0.3) is 0 Å². The summed E-state index contributed by atoms with van der Waals surface area (Å²) < 4.78 is 16.5. The standard InChI is InChI=1S/C15H22N2O4/c1-11-8-13(21-17-11)9-14(18)16-12-2-5-20-15(10-12)3-6-19-7-4-15/h8,12H,2-7,9-10H2,1H3,(H,16,18). The van der Waals surface area contributed by atoms with Crippen LogP contribution in [-0.4, -0.2) is 42.5 Å². The molecular formula is C15H22N2O4. The van der Waals surface area contributed by atoms with E-state index in [0.717, 1.165) is 44.6 Å². The number of aryl methyl sites for hydroxylation is 1. The third-order valence-electron chi connectivity index (χ3n) is 4.27. The van der Waals surface area contributed by atoms with Gasteiger partial charge in [-0.2, -0.15) is 0 Å². The minimum Gasteiger partial charge on any atom is -0.381 e. The van der Waals surface area contributed by atoms with E-state index < -0.39 is 0 Å². The van der Waals surface area contributed by atoms with Gasteiger partial charge in [0, 0.05) is 31.9 Å². The molecule has 1 N–H and O–H groups in total. The Labute approximate surface area is 124 Å². The van der Waals surface area contributed by atoms with Crippen LogP contribution in [0.1, 0.15) is 37.1 Å².